The highest BCUT2D eigenvalue weighted by Crippen LogP contribution is 2.29. The fourth-order valence-electron chi connectivity index (χ4n) is 3.28. The summed E-state index contributed by atoms with van der Waals surface area (Å²) in [5, 5.41) is 5.92. The maximum Gasteiger partial charge on any atom is 0.261 e. The third-order valence-corrected chi connectivity index (χ3v) is 4.90. The van der Waals surface area contributed by atoms with Gasteiger partial charge in [0.2, 0.25) is 0 Å². The molecule has 0 unspecified atom stereocenters. The Morgan fingerprint density at radius 3 is 2.65 bits per heavy atom. The Balaban J connectivity index is 1.94. The molecule has 1 aromatic carbocycles. The van der Waals surface area contributed by atoms with Crippen molar-refractivity contribution in [3.63, 3.8) is 0 Å². The van der Waals surface area contributed by atoms with Gasteiger partial charge in [-0.1, -0.05) is 37.1 Å². The fraction of sp³-hybridized carbons (Fsp3) is 0.250. The molecule has 0 fully saturated rings. The minimum absolute atomic E-state index is 0.0217. The largest absolute Gasteiger partial charge is 0.315 e. The van der Waals surface area contributed by atoms with E-state index in [1.54, 1.807) is 15.3 Å². The first-order valence-corrected chi connectivity index (χ1v) is 9.11. The standard InChI is InChI=1S/C20H19ClN4O/c1-3-4-10-24-11-9-17-16(20(24)26)12-22-19-18(13(2)23-25(17)19)14-5-7-15(21)8-6-14/h5-9,11-12H,3-4,10H2,1-2H3. The van der Waals surface area contributed by atoms with Gasteiger partial charge in [0.15, 0.2) is 5.65 Å². The number of rotatable bonds is 4. The van der Waals surface area contributed by atoms with E-state index in [2.05, 4.69) is 17.0 Å². The molecule has 0 atom stereocenters. The molecule has 4 aromatic rings. The Morgan fingerprint density at radius 1 is 1.15 bits per heavy atom. The Hall–Kier alpha value is -2.66. The minimum Gasteiger partial charge on any atom is -0.315 e. The molecule has 132 valence electrons. The highest BCUT2D eigenvalue weighted by atomic mass is 35.5. The van der Waals surface area contributed by atoms with Crippen LogP contribution >= 0.6 is 11.6 Å². The predicted octanol–water partition coefficient (Wildman–Crippen LogP) is 4.47. The third-order valence-electron chi connectivity index (χ3n) is 4.65. The third kappa shape index (κ3) is 2.69. The van der Waals surface area contributed by atoms with E-state index >= 15 is 0 Å². The van der Waals surface area contributed by atoms with Crippen molar-refractivity contribution in [2.75, 3.05) is 0 Å². The van der Waals surface area contributed by atoms with Crippen LogP contribution in [0.4, 0.5) is 0 Å². The topological polar surface area (TPSA) is 52.2 Å². The summed E-state index contributed by atoms with van der Waals surface area (Å²) in [4.78, 5) is 17.3. The predicted molar refractivity (Wildman–Crippen MR) is 105 cm³/mol. The van der Waals surface area contributed by atoms with Gasteiger partial charge in [0.1, 0.15) is 0 Å². The first-order valence-electron chi connectivity index (χ1n) is 8.73. The summed E-state index contributed by atoms with van der Waals surface area (Å²) in [7, 11) is 0. The number of aromatic nitrogens is 4. The number of aryl methyl sites for hydroxylation is 2. The van der Waals surface area contributed by atoms with E-state index in [-0.39, 0.29) is 5.56 Å². The van der Waals surface area contributed by atoms with Gasteiger partial charge < -0.3 is 4.57 Å². The molecule has 0 aliphatic heterocycles. The average molecular weight is 367 g/mol. The van der Waals surface area contributed by atoms with Crippen molar-refractivity contribution in [1.82, 2.24) is 19.2 Å². The lowest BCUT2D eigenvalue weighted by atomic mass is 10.1. The molecule has 4 rings (SSSR count). The normalized spacial score (nSPS) is 11.5. The summed E-state index contributed by atoms with van der Waals surface area (Å²) >= 11 is 6.00. The number of unbranched alkanes of at least 4 members (excludes halogenated alkanes) is 1. The Labute approximate surface area is 155 Å². The zero-order valence-corrected chi connectivity index (χ0v) is 15.5. The van der Waals surface area contributed by atoms with Gasteiger partial charge in [-0.15, -0.1) is 0 Å². The van der Waals surface area contributed by atoms with E-state index in [1.807, 2.05) is 43.5 Å². The van der Waals surface area contributed by atoms with Crippen LogP contribution in [0.2, 0.25) is 5.02 Å². The molecule has 0 aliphatic rings. The molecule has 0 saturated carbocycles. The van der Waals surface area contributed by atoms with Crippen LogP contribution in [0.15, 0.2) is 47.5 Å². The lowest BCUT2D eigenvalue weighted by Crippen LogP contribution is -2.20. The summed E-state index contributed by atoms with van der Waals surface area (Å²) < 4.78 is 3.51. The number of hydrogen-bond donors (Lipinski definition) is 0. The maximum absolute atomic E-state index is 12.7. The number of hydrogen-bond acceptors (Lipinski definition) is 3. The fourth-order valence-corrected chi connectivity index (χ4v) is 3.40. The Morgan fingerprint density at radius 2 is 1.92 bits per heavy atom. The second-order valence-electron chi connectivity index (χ2n) is 6.43. The number of nitrogens with zero attached hydrogens (tertiary/aromatic N) is 4. The molecule has 0 amide bonds. The molecular weight excluding hydrogens is 348 g/mol. The molecule has 0 bridgehead atoms. The zero-order chi connectivity index (χ0) is 18.3. The van der Waals surface area contributed by atoms with E-state index < -0.39 is 0 Å². The smallest absolute Gasteiger partial charge is 0.261 e. The molecule has 5 nitrogen and oxygen atoms in total. The zero-order valence-electron chi connectivity index (χ0n) is 14.7. The van der Waals surface area contributed by atoms with Gasteiger partial charge in [-0.2, -0.15) is 5.10 Å². The second kappa shape index (κ2) is 6.57. The lowest BCUT2D eigenvalue weighted by molar-refractivity contribution is 0.616. The quantitative estimate of drug-likeness (QED) is 0.535. The first kappa shape index (κ1) is 16.8. The number of halogens is 1. The van der Waals surface area contributed by atoms with Crippen LogP contribution in [0.3, 0.4) is 0 Å². The summed E-state index contributed by atoms with van der Waals surface area (Å²) in [6, 6.07) is 9.57. The second-order valence-corrected chi connectivity index (χ2v) is 6.86. The van der Waals surface area contributed by atoms with Crippen molar-refractivity contribution in [2.45, 2.75) is 33.2 Å². The van der Waals surface area contributed by atoms with Crippen LogP contribution in [0.5, 0.6) is 0 Å². The van der Waals surface area contributed by atoms with Crippen molar-refractivity contribution in [3.05, 3.63) is 63.8 Å². The molecule has 3 heterocycles. The molecule has 0 radical (unpaired) electrons. The summed E-state index contributed by atoms with van der Waals surface area (Å²) in [5.41, 5.74) is 4.32. The maximum atomic E-state index is 12.7. The highest BCUT2D eigenvalue weighted by Gasteiger charge is 2.16. The SMILES string of the molecule is CCCCn1ccc2c(cnc3c(-c4ccc(Cl)cc4)c(C)nn32)c1=O. The first-order chi connectivity index (χ1) is 12.6. The molecule has 0 N–H and O–H groups in total. The van der Waals surface area contributed by atoms with Crippen LogP contribution in [-0.2, 0) is 6.54 Å². The van der Waals surface area contributed by atoms with Crippen molar-refractivity contribution >= 4 is 28.2 Å². The summed E-state index contributed by atoms with van der Waals surface area (Å²) in [6.07, 6.45) is 5.53. The van der Waals surface area contributed by atoms with Crippen LogP contribution in [0.25, 0.3) is 27.7 Å². The number of benzene rings is 1. The van der Waals surface area contributed by atoms with Crippen LogP contribution in [-0.4, -0.2) is 19.2 Å². The van der Waals surface area contributed by atoms with E-state index in [0.29, 0.717) is 10.4 Å². The van der Waals surface area contributed by atoms with Crippen molar-refractivity contribution in [3.8, 4) is 11.1 Å². The van der Waals surface area contributed by atoms with Gasteiger partial charge >= 0.3 is 0 Å². The van der Waals surface area contributed by atoms with E-state index in [9.17, 15) is 4.79 Å². The van der Waals surface area contributed by atoms with E-state index in [4.69, 9.17) is 11.6 Å². The summed E-state index contributed by atoms with van der Waals surface area (Å²) in [5.74, 6) is 0. The molecule has 26 heavy (non-hydrogen) atoms. The van der Waals surface area contributed by atoms with E-state index in [1.165, 1.54) is 0 Å². The number of fused-ring (bicyclic) bond motifs is 3. The Kier molecular flexibility index (Phi) is 4.24. The molecule has 6 heteroatoms. The van der Waals surface area contributed by atoms with Gasteiger partial charge in [-0.3, -0.25) is 4.79 Å². The van der Waals surface area contributed by atoms with E-state index in [0.717, 1.165) is 47.4 Å². The van der Waals surface area contributed by atoms with Gasteiger partial charge in [0.25, 0.3) is 5.56 Å². The molecule has 3 aromatic heterocycles. The van der Waals surface area contributed by atoms with Crippen LogP contribution in [0.1, 0.15) is 25.5 Å². The lowest BCUT2D eigenvalue weighted by Gasteiger charge is -2.07. The van der Waals surface area contributed by atoms with Crippen molar-refractivity contribution in [2.24, 2.45) is 0 Å². The van der Waals surface area contributed by atoms with Crippen LogP contribution in [0, 0.1) is 6.92 Å². The summed E-state index contributed by atoms with van der Waals surface area (Å²) in [6.45, 7) is 4.78. The Bertz CT molecular complexity index is 1160. The van der Waals surface area contributed by atoms with Gasteiger partial charge in [0.05, 0.1) is 16.6 Å². The monoisotopic (exact) mass is 366 g/mol. The molecular formula is C20H19ClN4O. The molecule has 0 spiro atoms. The minimum atomic E-state index is -0.0217. The van der Waals surface area contributed by atoms with Gasteiger partial charge in [-0.05, 0) is 37.1 Å². The molecule has 0 saturated heterocycles. The average Bonchev–Trinajstić information content (AvgIpc) is 2.98. The van der Waals surface area contributed by atoms with Gasteiger partial charge in [-0.25, -0.2) is 9.50 Å². The van der Waals surface area contributed by atoms with Gasteiger partial charge in [0, 0.05) is 29.5 Å². The van der Waals surface area contributed by atoms with Crippen molar-refractivity contribution in [1.29, 1.82) is 0 Å². The molecule has 0 aliphatic carbocycles. The van der Waals surface area contributed by atoms with Crippen LogP contribution < -0.4 is 5.56 Å². The number of pyridine rings is 1. The van der Waals surface area contributed by atoms with Crippen molar-refractivity contribution < 1.29 is 0 Å². The highest BCUT2D eigenvalue weighted by molar-refractivity contribution is 6.30.